The number of aromatic hydroxyl groups is 1. The van der Waals surface area contributed by atoms with E-state index in [0.717, 1.165) is 0 Å². The molecule has 0 spiro atoms. The van der Waals surface area contributed by atoms with Gasteiger partial charge in [0.25, 0.3) is 5.24 Å². The van der Waals surface area contributed by atoms with Crippen molar-refractivity contribution in [2.24, 2.45) is 0 Å². The number of phenolic OH excluding ortho intramolecular Hbond substituents is 1. The van der Waals surface area contributed by atoms with E-state index in [2.05, 4.69) is 0 Å². The van der Waals surface area contributed by atoms with Gasteiger partial charge in [0.15, 0.2) is 5.78 Å². The molecular formula is C14H9ClO3. The van der Waals surface area contributed by atoms with Crippen molar-refractivity contribution < 1.29 is 14.7 Å². The van der Waals surface area contributed by atoms with Crippen molar-refractivity contribution in [2.45, 2.75) is 0 Å². The predicted molar refractivity (Wildman–Crippen MR) is 68.2 cm³/mol. The first-order chi connectivity index (χ1) is 8.58. The van der Waals surface area contributed by atoms with Crippen LogP contribution in [0.5, 0.6) is 5.75 Å². The SMILES string of the molecule is O=C(Cl)c1ccc(C(=O)c2ccc(O)cc2)cc1. The Labute approximate surface area is 109 Å². The van der Waals surface area contributed by atoms with E-state index in [-0.39, 0.29) is 11.5 Å². The van der Waals surface area contributed by atoms with Crippen LogP contribution in [0, 0.1) is 0 Å². The Morgan fingerprint density at radius 3 is 1.61 bits per heavy atom. The molecule has 4 heteroatoms. The zero-order valence-electron chi connectivity index (χ0n) is 9.26. The maximum Gasteiger partial charge on any atom is 0.252 e. The standard InChI is InChI=1S/C14H9ClO3/c15-14(18)11-3-1-9(2-4-11)13(17)10-5-7-12(16)8-6-10/h1-8,16H. The predicted octanol–water partition coefficient (Wildman–Crippen LogP) is 3.00. The lowest BCUT2D eigenvalue weighted by Gasteiger charge is -2.02. The van der Waals surface area contributed by atoms with Crippen LogP contribution in [0.15, 0.2) is 48.5 Å². The highest BCUT2D eigenvalue weighted by atomic mass is 35.5. The molecule has 0 aliphatic heterocycles. The fraction of sp³-hybridized carbons (Fsp3) is 0. The maximum absolute atomic E-state index is 12.0. The van der Waals surface area contributed by atoms with E-state index in [0.29, 0.717) is 16.7 Å². The van der Waals surface area contributed by atoms with Crippen molar-refractivity contribution in [1.29, 1.82) is 0 Å². The van der Waals surface area contributed by atoms with Crippen molar-refractivity contribution in [3.63, 3.8) is 0 Å². The molecule has 0 heterocycles. The first-order valence-electron chi connectivity index (χ1n) is 5.21. The van der Waals surface area contributed by atoms with Gasteiger partial charge in [0.05, 0.1) is 0 Å². The van der Waals surface area contributed by atoms with Gasteiger partial charge >= 0.3 is 0 Å². The molecule has 2 rings (SSSR count). The van der Waals surface area contributed by atoms with Crippen LogP contribution >= 0.6 is 11.6 Å². The molecule has 2 aromatic rings. The third-order valence-electron chi connectivity index (χ3n) is 2.50. The lowest BCUT2D eigenvalue weighted by molar-refractivity contribution is 0.103. The summed E-state index contributed by atoms with van der Waals surface area (Å²) in [7, 11) is 0. The molecule has 0 unspecified atom stereocenters. The van der Waals surface area contributed by atoms with Crippen LogP contribution in [0.3, 0.4) is 0 Å². The van der Waals surface area contributed by atoms with E-state index in [9.17, 15) is 9.59 Å². The van der Waals surface area contributed by atoms with E-state index in [4.69, 9.17) is 16.7 Å². The fourth-order valence-electron chi connectivity index (χ4n) is 1.53. The van der Waals surface area contributed by atoms with Crippen molar-refractivity contribution in [3.8, 4) is 5.75 Å². The van der Waals surface area contributed by atoms with Gasteiger partial charge in [-0.2, -0.15) is 0 Å². The average Bonchev–Trinajstić information content (AvgIpc) is 2.39. The third kappa shape index (κ3) is 2.57. The van der Waals surface area contributed by atoms with Crippen LogP contribution in [-0.2, 0) is 0 Å². The highest BCUT2D eigenvalue weighted by Crippen LogP contribution is 2.15. The molecule has 2 aromatic carbocycles. The first-order valence-corrected chi connectivity index (χ1v) is 5.59. The number of benzene rings is 2. The van der Waals surface area contributed by atoms with E-state index < -0.39 is 5.24 Å². The Kier molecular flexibility index (Phi) is 3.44. The maximum atomic E-state index is 12.0. The molecule has 0 saturated heterocycles. The Bertz CT molecular complexity index is 585. The molecule has 3 nitrogen and oxygen atoms in total. The number of carbonyl (C=O) groups excluding carboxylic acids is 2. The summed E-state index contributed by atoms with van der Waals surface area (Å²) in [6.07, 6.45) is 0. The van der Waals surface area contributed by atoms with Gasteiger partial charge in [-0.3, -0.25) is 9.59 Å². The third-order valence-corrected chi connectivity index (χ3v) is 2.72. The zero-order valence-corrected chi connectivity index (χ0v) is 10.0. The fourth-order valence-corrected chi connectivity index (χ4v) is 1.66. The van der Waals surface area contributed by atoms with E-state index >= 15 is 0 Å². The van der Waals surface area contributed by atoms with E-state index in [1.54, 1.807) is 12.1 Å². The van der Waals surface area contributed by atoms with Crippen LogP contribution in [-0.4, -0.2) is 16.1 Å². The lowest BCUT2D eigenvalue weighted by Crippen LogP contribution is -2.01. The summed E-state index contributed by atoms with van der Waals surface area (Å²) in [6, 6.07) is 12.1. The Balaban J connectivity index is 2.28. The molecule has 0 bridgehead atoms. The number of carbonyl (C=O) groups is 2. The van der Waals surface area contributed by atoms with Crippen molar-refractivity contribution in [2.75, 3.05) is 0 Å². The second kappa shape index (κ2) is 5.02. The number of ketones is 1. The Morgan fingerprint density at radius 2 is 1.17 bits per heavy atom. The summed E-state index contributed by atoms with van der Waals surface area (Å²) in [5, 5.41) is 8.59. The molecule has 1 N–H and O–H groups in total. The van der Waals surface area contributed by atoms with E-state index in [1.807, 2.05) is 0 Å². The van der Waals surface area contributed by atoms with Crippen LogP contribution in [0.4, 0.5) is 0 Å². The molecule has 0 aliphatic rings. The highest BCUT2D eigenvalue weighted by Gasteiger charge is 2.09. The normalized spacial score (nSPS) is 10.1. The van der Waals surface area contributed by atoms with Crippen molar-refractivity contribution in [3.05, 3.63) is 65.2 Å². The van der Waals surface area contributed by atoms with Gasteiger partial charge in [-0.1, -0.05) is 12.1 Å². The van der Waals surface area contributed by atoms with Crippen molar-refractivity contribution >= 4 is 22.6 Å². The quantitative estimate of drug-likeness (QED) is 0.682. The van der Waals surface area contributed by atoms with Gasteiger partial charge < -0.3 is 5.11 Å². The number of rotatable bonds is 3. The second-order valence-electron chi connectivity index (χ2n) is 3.73. The van der Waals surface area contributed by atoms with Gasteiger partial charge in [0.1, 0.15) is 5.75 Å². The number of halogens is 1. The van der Waals surface area contributed by atoms with Crippen LogP contribution < -0.4 is 0 Å². The van der Waals surface area contributed by atoms with Gasteiger partial charge in [0, 0.05) is 16.7 Å². The Hall–Kier alpha value is -2.13. The summed E-state index contributed by atoms with van der Waals surface area (Å²) < 4.78 is 0. The molecule has 0 atom stereocenters. The molecule has 0 aromatic heterocycles. The summed E-state index contributed by atoms with van der Waals surface area (Å²) in [4.78, 5) is 22.9. The van der Waals surface area contributed by atoms with Gasteiger partial charge in [-0.05, 0) is 48.0 Å². The van der Waals surface area contributed by atoms with Crippen LogP contribution in [0.2, 0.25) is 0 Å². The molecule has 0 amide bonds. The average molecular weight is 261 g/mol. The lowest BCUT2D eigenvalue weighted by atomic mass is 10.0. The minimum atomic E-state index is -0.557. The van der Waals surface area contributed by atoms with Gasteiger partial charge in [-0.25, -0.2) is 0 Å². The number of phenols is 1. The molecule has 90 valence electrons. The largest absolute Gasteiger partial charge is 0.508 e. The molecule has 0 saturated carbocycles. The molecular weight excluding hydrogens is 252 g/mol. The number of hydrogen-bond acceptors (Lipinski definition) is 3. The summed E-state index contributed by atoms with van der Waals surface area (Å²) in [5.74, 6) is -0.0711. The van der Waals surface area contributed by atoms with Crippen LogP contribution in [0.1, 0.15) is 26.3 Å². The van der Waals surface area contributed by atoms with Gasteiger partial charge in [0.2, 0.25) is 0 Å². The van der Waals surface area contributed by atoms with E-state index in [1.165, 1.54) is 36.4 Å². The topological polar surface area (TPSA) is 54.4 Å². The van der Waals surface area contributed by atoms with Crippen LogP contribution in [0.25, 0.3) is 0 Å². The smallest absolute Gasteiger partial charge is 0.252 e. The minimum Gasteiger partial charge on any atom is -0.508 e. The van der Waals surface area contributed by atoms with Crippen molar-refractivity contribution in [1.82, 2.24) is 0 Å². The highest BCUT2D eigenvalue weighted by molar-refractivity contribution is 6.67. The summed E-state index contributed by atoms with van der Waals surface area (Å²) in [5.41, 5.74) is 1.28. The minimum absolute atomic E-state index is 0.106. The Morgan fingerprint density at radius 1 is 0.778 bits per heavy atom. The molecule has 0 radical (unpaired) electrons. The molecule has 0 fully saturated rings. The van der Waals surface area contributed by atoms with Gasteiger partial charge in [-0.15, -0.1) is 0 Å². The monoisotopic (exact) mass is 260 g/mol. The second-order valence-corrected chi connectivity index (χ2v) is 4.07. The molecule has 18 heavy (non-hydrogen) atoms. The molecule has 0 aliphatic carbocycles. The summed E-state index contributed by atoms with van der Waals surface area (Å²) in [6.45, 7) is 0. The first kappa shape index (κ1) is 12.3. The number of hydrogen-bond donors (Lipinski definition) is 1. The summed E-state index contributed by atoms with van der Waals surface area (Å²) >= 11 is 5.32. The zero-order chi connectivity index (χ0) is 13.1.